The Morgan fingerprint density at radius 1 is 1.31 bits per heavy atom. The molecule has 88 valence electrons. The molecule has 1 aromatic rings. The summed E-state index contributed by atoms with van der Waals surface area (Å²) in [4.78, 5) is 0. The standard InChI is InChI=1S/C11H12F3NO/c1-10(6-16)9(15-10)7-2-4-8(5-3-7)11(12,13)14/h2-5,9,15-16H,6H2,1H3. The van der Waals surface area contributed by atoms with Crippen LogP contribution in [0.1, 0.15) is 24.1 Å². The van der Waals surface area contributed by atoms with E-state index in [1.54, 1.807) is 0 Å². The highest BCUT2D eigenvalue weighted by atomic mass is 19.4. The van der Waals surface area contributed by atoms with Crippen LogP contribution in [0.3, 0.4) is 0 Å². The molecule has 0 aromatic heterocycles. The van der Waals surface area contributed by atoms with Gasteiger partial charge in [0.1, 0.15) is 0 Å². The molecule has 0 spiro atoms. The number of nitrogens with one attached hydrogen (secondary N) is 1. The maximum Gasteiger partial charge on any atom is 0.416 e. The van der Waals surface area contributed by atoms with Crippen molar-refractivity contribution in [2.45, 2.75) is 24.7 Å². The van der Waals surface area contributed by atoms with Crippen molar-refractivity contribution in [2.75, 3.05) is 6.61 Å². The zero-order chi connectivity index (χ0) is 12.0. The average molecular weight is 231 g/mol. The Balaban J connectivity index is 2.16. The Labute approximate surface area is 91.1 Å². The van der Waals surface area contributed by atoms with Gasteiger partial charge < -0.3 is 5.11 Å². The summed E-state index contributed by atoms with van der Waals surface area (Å²) < 4.78 is 36.9. The summed E-state index contributed by atoms with van der Waals surface area (Å²) in [7, 11) is 0. The summed E-state index contributed by atoms with van der Waals surface area (Å²) in [6, 6.07) is 4.96. The van der Waals surface area contributed by atoms with Crippen LogP contribution in [-0.4, -0.2) is 17.3 Å². The molecule has 5 heteroatoms. The Bertz CT molecular complexity index is 387. The number of alkyl halides is 3. The third-order valence-corrected chi connectivity index (χ3v) is 2.93. The first-order valence-corrected chi connectivity index (χ1v) is 4.92. The lowest BCUT2D eigenvalue weighted by Crippen LogP contribution is -2.15. The van der Waals surface area contributed by atoms with Crippen LogP contribution in [0.2, 0.25) is 0 Å². The Morgan fingerprint density at radius 2 is 1.88 bits per heavy atom. The lowest BCUT2D eigenvalue weighted by molar-refractivity contribution is -0.137. The van der Waals surface area contributed by atoms with Gasteiger partial charge in [-0.05, 0) is 24.6 Å². The van der Waals surface area contributed by atoms with Crippen molar-refractivity contribution in [2.24, 2.45) is 0 Å². The number of hydrogen-bond donors (Lipinski definition) is 2. The Hall–Kier alpha value is -1.07. The normalized spacial score (nSPS) is 29.2. The summed E-state index contributed by atoms with van der Waals surface area (Å²) in [6.45, 7) is 1.80. The fourth-order valence-electron chi connectivity index (χ4n) is 1.74. The molecule has 2 atom stereocenters. The number of aliphatic hydroxyl groups is 1. The number of rotatable bonds is 2. The van der Waals surface area contributed by atoms with Crippen LogP contribution in [0.4, 0.5) is 13.2 Å². The number of aliphatic hydroxyl groups excluding tert-OH is 1. The van der Waals surface area contributed by atoms with Crippen molar-refractivity contribution in [3.8, 4) is 0 Å². The quantitative estimate of drug-likeness (QED) is 0.765. The predicted molar refractivity (Wildman–Crippen MR) is 52.8 cm³/mol. The summed E-state index contributed by atoms with van der Waals surface area (Å²) in [5.41, 5.74) is -0.271. The zero-order valence-electron chi connectivity index (χ0n) is 8.67. The molecule has 1 aromatic carbocycles. The van der Waals surface area contributed by atoms with Gasteiger partial charge in [0.25, 0.3) is 0 Å². The molecule has 0 saturated carbocycles. The van der Waals surface area contributed by atoms with E-state index in [1.807, 2.05) is 6.92 Å². The molecule has 0 amide bonds. The van der Waals surface area contributed by atoms with Gasteiger partial charge >= 0.3 is 6.18 Å². The summed E-state index contributed by atoms with van der Waals surface area (Å²) in [6.07, 6.45) is -4.30. The number of halogens is 3. The van der Waals surface area contributed by atoms with Crippen molar-refractivity contribution < 1.29 is 18.3 Å². The van der Waals surface area contributed by atoms with Gasteiger partial charge in [-0.15, -0.1) is 0 Å². The van der Waals surface area contributed by atoms with Gasteiger partial charge in [-0.25, -0.2) is 0 Å². The number of benzene rings is 1. The minimum absolute atomic E-state index is 0.0291. The second-order valence-electron chi connectivity index (χ2n) is 4.27. The van der Waals surface area contributed by atoms with Crippen LogP contribution in [0.15, 0.2) is 24.3 Å². The highest BCUT2D eigenvalue weighted by Gasteiger charge is 2.49. The van der Waals surface area contributed by atoms with Crippen LogP contribution in [0, 0.1) is 0 Å². The highest BCUT2D eigenvalue weighted by Crippen LogP contribution is 2.40. The molecular formula is C11H12F3NO. The SMILES string of the molecule is CC1(CO)NC1c1ccc(C(F)(F)F)cc1. The molecule has 1 saturated heterocycles. The van der Waals surface area contributed by atoms with Crippen molar-refractivity contribution in [1.82, 2.24) is 5.32 Å². The lowest BCUT2D eigenvalue weighted by atomic mass is 10.0. The van der Waals surface area contributed by atoms with E-state index in [4.69, 9.17) is 5.11 Å². The third kappa shape index (κ3) is 1.92. The maximum atomic E-state index is 12.3. The molecule has 2 N–H and O–H groups in total. The largest absolute Gasteiger partial charge is 0.416 e. The van der Waals surface area contributed by atoms with E-state index >= 15 is 0 Å². The molecule has 0 radical (unpaired) electrons. The average Bonchev–Trinajstić information content (AvgIpc) is 2.91. The molecule has 0 aliphatic carbocycles. The topological polar surface area (TPSA) is 42.2 Å². The van der Waals surface area contributed by atoms with E-state index in [9.17, 15) is 13.2 Å². The van der Waals surface area contributed by atoms with Gasteiger partial charge in [0.2, 0.25) is 0 Å². The van der Waals surface area contributed by atoms with Crippen LogP contribution < -0.4 is 5.32 Å². The van der Waals surface area contributed by atoms with Gasteiger partial charge in [0, 0.05) is 0 Å². The molecule has 1 fully saturated rings. The summed E-state index contributed by atoms with van der Waals surface area (Å²) in [5, 5.41) is 12.1. The zero-order valence-corrected chi connectivity index (χ0v) is 8.67. The monoisotopic (exact) mass is 231 g/mol. The van der Waals surface area contributed by atoms with Crippen LogP contribution in [0.5, 0.6) is 0 Å². The molecular weight excluding hydrogens is 219 g/mol. The van der Waals surface area contributed by atoms with Crippen LogP contribution in [0.25, 0.3) is 0 Å². The maximum absolute atomic E-state index is 12.3. The van der Waals surface area contributed by atoms with Gasteiger partial charge in [-0.3, -0.25) is 5.32 Å². The third-order valence-electron chi connectivity index (χ3n) is 2.93. The van der Waals surface area contributed by atoms with Crippen LogP contribution >= 0.6 is 0 Å². The van der Waals surface area contributed by atoms with Crippen LogP contribution in [-0.2, 0) is 6.18 Å². The van der Waals surface area contributed by atoms with Crippen molar-refractivity contribution in [3.05, 3.63) is 35.4 Å². The molecule has 1 aliphatic heterocycles. The van der Waals surface area contributed by atoms with E-state index in [0.29, 0.717) is 0 Å². The fourth-order valence-corrected chi connectivity index (χ4v) is 1.74. The second kappa shape index (κ2) is 3.46. The van der Waals surface area contributed by atoms with Gasteiger partial charge in [-0.1, -0.05) is 12.1 Å². The molecule has 0 bridgehead atoms. The molecule has 2 rings (SSSR count). The highest BCUT2D eigenvalue weighted by molar-refractivity contribution is 5.34. The first-order valence-electron chi connectivity index (χ1n) is 4.92. The molecule has 1 aliphatic rings. The smallest absolute Gasteiger partial charge is 0.394 e. The van der Waals surface area contributed by atoms with E-state index in [1.165, 1.54) is 12.1 Å². The van der Waals surface area contributed by atoms with E-state index in [0.717, 1.165) is 17.7 Å². The molecule has 2 nitrogen and oxygen atoms in total. The van der Waals surface area contributed by atoms with Gasteiger partial charge in [0.05, 0.1) is 23.8 Å². The minimum Gasteiger partial charge on any atom is -0.394 e. The summed E-state index contributed by atoms with van der Waals surface area (Å²) >= 11 is 0. The first kappa shape index (κ1) is 11.4. The van der Waals surface area contributed by atoms with E-state index in [2.05, 4.69) is 5.32 Å². The van der Waals surface area contributed by atoms with Gasteiger partial charge in [-0.2, -0.15) is 13.2 Å². The predicted octanol–water partition coefficient (Wildman–Crippen LogP) is 2.10. The number of hydrogen-bond acceptors (Lipinski definition) is 2. The second-order valence-corrected chi connectivity index (χ2v) is 4.27. The first-order chi connectivity index (χ1) is 7.37. The van der Waals surface area contributed by atoms with E-state index in [-0.39, 0.29) is 18.2 Å². The van der Waals surface area contributed by atoms with E-state index < -0.39 is 11.7 Å². The van der Waals surface area contributed by atoms with Gasteiger partial charge in [0.15, 0.2) is 0 Å². The Kier molecular flexibility index (Phi) is 2.47. The summed E-state index contributed by atoms with van der Waals surface area (Å²) in [5.74, 6) is 0. The molecule has 1 heterocycles. The Morgan fingerprint density at radius 3 is 2.25 bits per heavy atom. The molecule has 2 unspecified atom stereocenters. The lowest BCUT2D eigenvalue weighted by Gasteiger charge is -2.08. The van der Waals surface area contributed by atoms with Crippen molar-refractivity contribution in [1.29, 1.82) is 0 Å². The molecule has 16 heavy (non-hydrogen) atoms. The minimum atomic E-state index is -4.30. The van der Waals surface area contributed by atoms with Crippen molar-refractivity contribution >= 4 is 0 Å². The fraction of sp³-hybridized carbons (Fsp3) is 0.455. The van der Waals surface area contributed by atoms with Crippen molar-refractivity contribution in [3.63, 3.8) is 0 Å².